The van der Waals surface area contributed by atoms with Gasteiger partial charge in [0.2, 0.25) is 0 Å². The normalized spacial score (nSPS) is 10.7. The maximum atomic E-state index is 8.79. The summed E-state index contributed by atoms with van der Waals surface area (Å²) in [5.41, 5.74) is 1.95. The van der Waals surface area contributed by atoms with E-state index in [1.807, 2.05) is 31.2 Å². The van der Waals surface area contributed by atoms with Crippen molar-refractivity contribution in [2.45, 2.75) is 26.7 Å². The van der Waals surface area contributed by atoms with Gasteiger partial charge in [0.15, 0.2) is 0 Å². The van der Waals surface area contributed by atoms with Crippen molar-refractivity contribution in [2.24, 2.45) is 0 Å². The molecule has 0 unspecified atom stereocenters. The van der Waals surface area contributed by atoms with Gasteiger partial charge in [-0.2, -0.15) is 0 Å². The first kappa shape index (κ1) is 15.3. The van der Waals surface area contributed by atoms with E-state index in [1.165, 1.54) is 0 Å². The number of aryl methyl sites for hydroxylation is 1. The molecule has 0 amide bonds. The Balaban J connectivity index is 2.12. The number of nitrogens with zero attached hydrogens (tertiary/aromatic N) is 2. The third-order valence-electron chi connectivity index (χ3n) is 2.99. The molecule has 0 aliphatic carbocycles. The van der Waals surface area contributed by atoms with Gasteiger partial charge in [-0.05, 0) is 36.8 Å². The summed E-state index contributed by atoms with van der Waals surface area (Å²) in [5, 5.41) is 12.1. The second kappa shape index (κ2) is 7.04. The predicted molar refractivity (Wildman–Crippen MR) is 83.2 cm³/mol. The van der Waals surface area contributed by atoms with Crippen LogP contribution in [0, 0.1) is 6.92 Å². The fourth-order valence-corrected chi connectivity index (χ4v) is 1.91. The minimum Gasteiger partial charge on any atom is -0.491 e. The molecule has 2 rings (SSSR count). The number of hydrogen-bond donors (Lipinski definition) is 2. The maximum absolute atomic E-state index is 8.79. The summed E-state index contributed by atoms with van der Waals surface area (Å²) in [6.45, 7) is 6.42. The van der Waals surface area contributed by atoms with Gasteiger partial charge in [-0.25, -0.2) is 9.97 Å². The molecule has 0 aliphatic rings. The van der Waals surface area contributed by atoms with Crippen molar-refractivity contribution >= 4 is 11.5 Å². The molecule has 1 aromatic heterocycles. The molecular weight excluding hydrogens is 266 g/mol. The molecule has 5 nitrogen and oxygen atoms in total. The molecule has 1 aromatic carbocycles. The number of benzene rings is 1. The van der Waals surface area contributed by atoms with Crippen LogP contribution in [0.4, 0.5) is 11.5 Å². The van der Waals surface area contributed by atoms with Crippen LogP contribution in [0.2, 0.25) is 0 Å². The summed E-state index contributed by atoms with van der Waals surface area (Å²) in [7, 11) is 0. The molecule has 1 heterocycles. The van der Waals surface area contributed by atoms with Crippen molar-refractivity contribution in [1.82, 2.24) is 9.97 Å². The molecule has 0 bridgehead atoms. The first-order valence-electron chi connectivity index (χ1n) is 7.04. The topological polar surface area (TPSA) is 67.3 Å². The second-order valence-corrected chi connectivity index (χ2v) is 5.13. The van der Waals surface area contributed by atoms with Crippen molar-refractivity contribution in [2.75, 3.05) is 18.5 Å². The largest absolute Gasteiger partial charge is 0.491 e. The SMILES string of the molecule is Cc1cc(Nc2ccnc(C(C)C)n2)ccc1OCCO. The van der Waals surface area contributed by atoms with Crippen molar-refractivity contribution < 1.29 is 9.84 Å². The number of hydrogen-bond acceptors (Lipinski definition) is 5. The summed E-state index contributed by atoms with van der Waals surface area (Å²) in [6.07, 6.45) is 1.76. The average molecular weight is 287 g/mol. The third kappa shape index (κ3) is 4.16. The molecule has 0 spiro atoms. The number of rotatable bonds is 6. The Morgan fingerprint density at radius 3 is 2.76 bits per heavy atom. The standard InChI is InChI=1S/C16H21N3O2/c1-11(2)16-17-7-6-15(19-16)18-13-4-5-14(12(3)10-13)21-9-8-20/h4-7,10-11,20H,8-9H2,1-3H3,(H,17,18,19). The first-order chi connectivity index (χ1) is 10.1. The average Bonchev–Trinajstić information content (AvgIpc) is 2.47. The van der Waals surface area contributed by atoms with E-state index in [0.29, 0.717) is 12.5 Å². The quantitative estimate of drug-likeness (QED) is 0.855. The number of aliphatic hydroxyl groups excluding tert-OH is 1. The molecule has 2 N–H and O–H groups in total. The maximum Gasteiger partial charge on any atom is 0.134 e. The van der Waals surface area contributed by atoms with E-state index in [9.17, 15) is 0 Å². The summed E-state index contributed by atoms with van der Waals surface area (Å²) >= 11 is 0. The Morgan fingerprint density at radius 2 is 2.10 bits per heavy atom. The predicted octanol–water partition coefficient (Wildman–Crippen LogP) is 3.02. The Kier molecular flexibility index (Phi) is 5.11. The van der Waals surface area contributed by atoms with Crippen molar-refractivity contribution in [3.8, 4) is 5.75 Å². The lowest BCUT2D eigenvalue weighted by molar-refractivity contribution is 0.200. The van der Waals surface area contributed by atoms with Gasteiger partial charge in [0.1, 0.15) is 24.0 Å². The van der Waals surface area contributed by atoms with Crippen LogP contribution < -0.4 is 10.1 Å². The molecule has 2 aromatic rings. The highest BCUT2D eigenvalue weighted by molar-refractivity contribution is 5.59. The van der Waals surface area contributed by atoms with E-state index in [4.69, 9.17) is 9.84 Å². The smallest absolute Gasteiger partial charge is 0.134 e. The molecule has 0 radical (unpaired) electrons. The highest BCUT2D eigenvalue weighted by Crippen LogP contribution is 2.24. The molecule has 112 valence electrons. The van der Waals surface area contributed by atoms with Crippen LogP contribution in [0.5, 0.6) is 5.75 Å². The summed E-state index contributed by atoms with van der Waals surface area (Å²) in [5.74, 6) is 2.67. The van der Waals surface area contributed by atoms with Crippen molar-refractivity contribution in [1.29, 1.82) is 0 Å². The van der Waals surface area contributed by atoms with Crippen LogP contribution in [-0.2, 0) is 0 Å². The zero-order valence-corrected chi connectivity index (χ0v) is 12.6. The number of nitrogens with one attached hydrogen (secondary N) is 1. The van der Waals surface area contributed by atoms with E-state index >= 15 is 0 Å². The Morgan fingerprint density at radius 1 is 1.29 bits per heavy atom. The number of aliphatic hydroxyl groups is 1. The zero-order chi connectivity index (χ0) is 15.2. The lowest BCUT2D eigenvalue weighted by Crippen LogP contribution is -2.04. The Bertz CT molecular complexity index is 600. The lowest BCUT2D eigenvalue weighted by atomic mass is 10.2. The first-order valence-corrected chi connectivity index (χ1v) is 7.04. The van der Waals surface area contributed by atoms with Gasteiger partial charge in [0.05, 0.1) is 6.61 Å². The third-order valence-corrected chi connectivity index (χ3v) is 2.99. The van der Waals surface area contributed by atoms with Gasteiger partial charge in [-0.1, -0.05) is 13.8 Å². The molecule has 21 heavy (non-hydrogen) atoms. The highest BCUT2D eigenvalue weighted by Gasteiger charge is 2.05. The second-order valence-electron chi connectivity index (χ2n) is 5.13. The zero-order valence-electron chi connectivity index (χ0n) is 12.6. The molecule has 0 aliphatic heterocycles. The van der Waals surface area contributed by atoms with Gasteiger partial charge < -0.3 is 15.2 Å². The molecule has 0 fully saturated rings. The molecule has 0 atom stereocenters. The van der Waals surface area contributed by atoms with E-state index < -0.39 is 0 Å². The van der Waals surface area contributed by atoms with Crippen molar-refractivity contribution in [3.05, 3.63) is 41.9 Å². The minimum absolute atomic E-state index is 0.0123. The van der Waals surface area contributed by atoms with E-state index in [-0.39, 0.29) is 6.61 Å². The molecule has 5 heteroatoms. The molecular formula is C16H21N3O2. The fourth-order valence-electron chi connectivity index (χ4n) is 1.91. The number of aromatic nitrogens is 2. The summed E-state index contributed by atoms with van der Waals surface area (Å²) in [4.78, 5) is 8.73. The minimum atomic E-state index is 0.0123. The van der Waals surface area contributed by atoms with Crippen LogP contribution >= 0.6 is 0 Å². The number of ether oxygens (including phenoxy) is 1. The van der Waals surface area contributed by atoms with Crippen LogP contribution in [0.1, 0.15) is 31.2 Å². The summed E-state index contributed by atoms with van der Waals surface area (Å²) in [6, 6.07) is 7.65. The molecule has 0 saturated carbocycles. The highest BCUT2D eigenvalue weighted by atomic mass is 16.5. The van der Waals surface area contributed by atoms with Gasteiger partial charge in [0, 0.05) is 17.8 Å². The van der Waals surface area contributed by atoms with Crippen LogP contribution in [-0.4, -0.2) is 28.3 Å². The van der Waals surface area contributed by atoms with Gasteiger partial charge in [0.25, 0.3) is 0 Å². The van der Waals surface area contributed by atoms with Crippen molar-refractivity contribution in [3.63, 3.8) is 0 Å². The van der Waals surface area contributed by atoms with Crippen LogP contribution in [0.15, 0.2) is 30.5 Å². The fraction of sp³-hybridized carbons (Fsp3) is 0.375. The monoisotopic (exact) mass is 287 g/mol. The van der Waals surface area contributed by atoms with E-state index in [0.717, 1.165) is 28.6 Å². The number of anilines is 2. The molecule has 0 saturated heterocycles. The lowest BCUT2D eigenvalue weighted by Gasteiger charge is -2.12. The van der Waals surface area contributed by atoms with Crippen LogP contribution in [0.3, 0.4) is 0 Å². The van der Waals surface area contributed by atoms with Crippen LogP contribution in [0.25, 0.3) is 0 Å². The summed E-state index contributed by atoms with van der Waals surface area (Å²) < 4.78 is 5.44. The Labute approximate surface area is 125 Å². The van der Waals surface area contributed by atoms with Gasteiger partial charge in [-0.15, -0.1) is 0 Å². The Hall–Kier alpha value is -2.14. The van der Waals surface area contributed by atoms with Gasteiger partial charge >= 0.3 is 0 Å². The van der Waals surface area contributed by atoms with E-state index in [1.54, 1.807) is 6.20 Å². The van der Waals surface area contributed by atoms with E-state index in [2.05, 4.69) is 29.1 Å². The van der Waals surface area contributed by atoms with Gasteiger partial charge in [-0.3, -0.25) is 0 Å².